The van der Waals surface area contributed by atoms with E-state index in [4.69, 9.17) is 16.3 Å². The Morgan fingerprint density at radius 3 is 2.61 bits per heavy atom. The van der Waals surface area contributed by atoms with Crippen LogP contribution in [0.1, 0.15) is 23.6 Å². The van der Waals surface area contributed by atoms with Crippen LogP contribution in [-0.2, 0) is 0 Å². The maximum Gasteiger partial charge on any atom is 0.220 e. The lowest BCUT2D eigenvalue weighted by Crippen LogP contribution is -2.12. The Morgan fingerprint density at radius 1 is 1.21 bits per heavy atom. The molecule has 0 N–H and O–H groups in total. The van der Waals surface area contributed by atoms with Crippen LogP contribution in [0.3, 0.4) is 0 Å². The van der Waals surface area contributed by atoms with Crippen molar-refractivity contribution in [3.05, 3.63) is 75.1 Å². The van der Waals surface area contributed by atoms with Crippen molar-refractivity contribution in [3.8, 4) is 11.4 Å². The average molecular weight is 419 g/mol. The Hall–Kier alpha value is -2.58. The summed E-state index contributed by atoms with van der Waals surface area (Å²) >= 11 is 7.28. The number of nitrogens with zero attached hydrogens (tertiary/aromatic N) is 4. The molecule has 0 fully saturated rings. The number of rotatable bonds is 8. The summed E-state index contributed by atoms with van der Waals surface area (Å²) in [5.41, 5.74) is 1.60. The third-order valence-electron chi connectivity index (χ3n) is 4.01. The fourth-order valence-corrected chi connectivity index (χ4v) is 4.13. The van der Waals surface area contributed by atoms with Crippen molar-refractivity contribution in [2.45, 2.75) is 24.3 Å². The van der Waals surface area contributed by atoms with Gasteiger partial charge in [-0.25, -0.2) is 0 Å². The first-order valence-electron chi connectivity index (χ1n) is 8.67. The highest BCUT2D eigenvalue weighted by Crippen LogP contribution is 2.39. The number of para-hydroxylation sites is 1. The maximum absolute atomic E-state index is 11.3. The standard InChI is InChI=1S/C19H19ClN4O3S/c1-3-27-17-7-5-4-6-16(17)18(12-23(25)26)28-19-22-21-13(2)24(19)15-10-8-14(20)9-11-15/h4-11,18H,3,12H2,1-2H3/t18-/m0/s1. The van der Waals surface area contributed by atoms with Gasteiger partial charge in [-0.3, -0.25) is 14.7 Å². The molecule has 0 aliphatic carbocycles. The van der Waals surface area contributed by atoms with E-state index in [1.807, 2.05) is 54.8 Å². The topological polar surface area (TPSA) is 83.1 Å². The van der Waals surface area contributed by atoms with Gasteiger partial charge in [0.2, 0.25) is 6.54 Å². The third-order valence-corrected chi connectivity index (χ3v) is 5.42. The quantitative estimate of drug-likeness (QED) is 0.298. The molecular weight excluding hydrogens is 400 g/mol. The highest BCUT2D eigenvalue weighted by atomic mass is 35.5. The van der Waals surface area contributed by atoms with E-state index < -0.39 is 5.25 Å². The second-order valence-corrected chi connectivity index (χ2v) is 7.54. The summed E-state index contributed by atoms with van der Waals surface area (Å²) in [6, 6.07) is 14.7. The number of aryl methyl sites for hydroxylation is 1. The Bertz CT molecular complexity index is 962. The van der Waals surface area contributed by atoms with E-state index in [2.05, 4.69) is 10.2 Å². The molecule has 0 saturated heterocycles. The summed E-state index contributed by atoms with van der Waals surface area (Å²) in [5, 5.41) is 20.4. The lowest BCUT2D eigenvalue weighted by Gasteiger charge is -2.17. The summed E-state index contributed by atoms with van der Waals surface area (Å²) in [6.07, 6.45) is 0. The normalized spacial score (nSPS) is 12.0. The highest BCUT2D eigenvalue weighted by molar-refractivity contribution is 7.99. The SMILES string of the molecule is CCOc1ccccc1[C@H](C[N+](=O)[O-])Sc1nnc(C)n1-c1ccc(Cl)cc1. The Balaban J connectivity index is 1.99. The van der Waals surface area contributed by atoms with Crippen LogP contribution in [0.2, 0.25) is 5.02 Å². The van der Waals surface area contributed by atoms with Crippen LogP contribution in [0.5, 0.6) is 5.75 Å². The number of aromatic nitrogens is 3. The molecule has 7 nitrogen and oxygen atoms in total. The summed E-state index contributed by atoms with van der Waals surface area (Å²) in [4.78, 5) is 11.0. The van der Waals surface area contributed by atoms with Crippen LogP contribution in [0.15, 0.2) is 53.7 Å². The molecule has 0 amide bonds. The lowest BCUT2D eigenvalue weighted by atomic mass is 10.1. The molecule has 1 aromatic heterocycles. The summed E-state index contributed by atoms with van der Waals surface area (Å²) in [5.74, 6) is 1.32. The third kappa shape index (κ3) is 4.63. The number of benzene rings is 2. The minimum absolute atomic E-state index is 0.263. The first-order valence-corrected chi connectivity index (χ1v) is 9.93. The van der Waals surface area contributed by atoms with Crippen molar-refractivity contribution in [1.82, 2.24) is 14.8 Å². The van der Waals surface area contributed by atoms with Gasteiger partial charge in [0.1, 0.15) is 16.8 Å². The second kappa shape index (κ2) is 9.07. The lowest BCUT2D eigenvalue weighted by molar-refractivity contribution is -0.479. The predicted octanol–water partition coefficient (Wildman–Crippen LogP) is 4.74. The molecule has 0 aliphatic heterocycles. The van der Waals surface area contributed by atoms with Crippen LogP contribution in [-0.4, -0.2) is 32.8 Å². The first-order chi connectivity index (χ1) is 13.5. The number of hydrogen-bond acceptors (Lipinski definition) is 6. The van der Waals surface area contributed by atoms with Crippen molar-refractivity contribution in [2.24, 2.45) is 0 Å². The number of hydrogen-bond donors (Lipinski definition) is 0. The van der Waals surface area contributed by atoms with Crippen molar-refractivity contribution < 1.29 is 9.66 Å². The van der Waals surface area contributed by atoms with Crippen molar-refractivity contribution in [2.75, 3.05) is 13.2 Å². The molecular formula is C19H19ClN4O3S. The fourth-order valence-electron chi connectivity index (χ4n) is 2.80. The first kappa shape index (κ1) is 20.2. The van der Waals surface area contributed by atoms with Gasteiger partial charge in [0.05, 0.1) is 6.61 Å². The molecule has 0 bridgehead atoms. The van der Waals surface area contributed by atoms with E-state index in [1.54, 1.807) is 12.1 Å². The van der Waals surface area contributed by atoms with Gasteiger partial charge in [0.15, 0.2) is 5.16 Å². The Labute approximate surface area is 171 Å². The minimum atomic E-state index is -0.479. The largest absolute Gasteiger partial charge is 0.494 e. The highest BCUT2D eigenvalue weighted by Gasteiger charge is 2.26. The van der Waals surface area contributed by atoms with Crippen molar-refractivity contribution >= 4 is 23.4 Å². The summed E-state index contributed by atoms with van der Waals surface area (Å²) in [6.45, 7) is 3.93. The minimum Gasteiger partial charge on any atom is -0.494 e. The van der Waals surface area contributed by atoms with Crippen LogP contribution in [0.4, 0.5) is 0 Å². The molecule has 2 aromatic carbocycles. The van der Waals surface area contributed by atoms with Gasteiger partial charge >= 0.3 is 0 Å². The zero-order valence-electron chi connectivity index (χ0n) is 15.4. The Kier molecular flexibility index (Phi) is 6.53. The molecule has 28 heavy (non-hydrogen) atoms. The number of ether oxygens (including phenoxy) is 1. The van der Waals surface area contributed by atoms with E-state index in [0.29, 0.717) is 28.4 Å². The van der Waals surface area contributed by atoms with Gasteiger partial charge in [0, 0.05) is 21.2 Å². The molecule has 0 saturated carbocycles. The van der Waals surface area contributed by atoms with Crippen LogP contribution >= 0.6 is 23.4 Å². The number of nitro groups is 1. The molecule has 3 rings (SSSR count). The zero-order valence-corrected chi connectivity index (χ0v) is 17.0. The van der Waals surface area contributed by atoms with Crippen LogP contribution < -0.4 is 4.74 Å². The van der Waals surface area contributed by atoms with Gasteiger partial charge < -0.3 is 4.74 Å². The average Bonchev–Trinajstić information content (AvgIpc) is 3.03. The van der Waals surface area contributed by atoms with Gasteiger partial charge in [0.25, 0.3) is 0 Å². The van der Waals surface area contributed by atoms with E-state index in [9.17, 15) is 10.1 Å². The molecule has 1 heterocycles. The van der Waals surface area contributed by atoms with Gasteiger partial charge in [-0.05, 0) is 44.2 Å². The number of halogens is 1. The van der Waals surface area contributed by atoms with Gasteiger partial charge in [-0.15, -0.1) is 10.2 Å². The van der Waals surface area contributed by atoms with E-state index in [0.717, 1.165) is 11.3 Å². The zero-order chi connectivity index (χ0) is 20.1. The molecule has 146 valence electrons. The monoisotopic (exact) mass is 418 g/mol. The van der Waals surface area contributed by atoms with Gasteiger partial charge in [-0.2, -0.15) is 0 Å². The van der Waals surface area contributed by atoms with E-state index in [-0.39, 0.29) is 11.5 Å². The predicted molar refractivity (Wildman–Crippen MR) is 109 cm³/mol. The molecule has 3 aromatic rings. The fraction of sp³-hybridized carbons (Fsp3) is 0.263. The maximum atomic E-state index is 11.3. The van der Waals surface area contributed by atoms with Crippen LogP contribution in [0.25, 0.3) is 5.69 Å². The number of thioether (sulfide) groups is 1. The van der Waals surface area contributed by atoms with Gasteiger partial charge in [-0.1, -0.05) is 41.6 Å². The molecule has 9 heteroatoms. The second-order valence-electron chi connectivity index (χ2n) is 5.93. The van der Waals surface area contributed by atoms with E-state index in [1.165, 1.54) is 11.8 Å². The Morgan fingerprint density at radius 2 is 1.93 bits per heavy atom. The van der Waals surface area contributed by atoms with Crippen molar-refractivity contribution in [3.63, 3.8) is 0 Å². The van der Waals surface area contributed by atoms with Crippen molar-refractivity contribution in [1.29, 1.82) is 0 Å². The molecule has 0 aliphatic rings. The molecule has 0 radical (unpaired) electrons. The molecule has 0 spiro atoms. The van der Waals surface area contributed by atoms with Crippen LogP contribution in [0, 0.1) is 17.0 Å². The summed E-state index contributed by atoms with van der Waals surface area (Å²) in [7, 11) is 0. The van der Waals surface area contributed by atoms with E-state index >= 15 is 0 Å². The summed E-state index contributed by atoms with van der Waals surface area (Å²) < 4.78 is 7.54. The molecule has 0 unspecified atom stereocenters. The smallest absolute Gasteiger partial charge is 0.220 e. The molecule has 1 atom stereocenters.